The van der Waals surface area contributed by atoms with Gasteiger partial charge in [-0.15, -0.1) is 0 Å². The third kappa shape index (κ3) is 2.99. The number of aromatic nitrogens is 2. The molecule has 0 saturated carbocycles. The first-order valence-corrected chi connectivity index (χ1v) is 7.55. The molecule has 2 N–H and O–H groups in total. The first-order chi connectivity index (χ1) is 10.6. The van der Waals surface area contributed by atoms with Crippen LogP contribution in [0.3, 0.4) is 0 Å². The average molecular weight is 316 g/mol. The van der Waals surface area contributed by atoms with E-state index >= 15 is 0 Å². The van der Waals surface area contributed by atoms with E-state index in [1.807, 2.05) is 53.2 Å². The van der Waals surface area contributed by atoms with Crippen LogP contribution in [0.1, 0.15) is 18.2 Å². The Bertz CT molecular complexity index is 782. The van der Waals surface area contributed by atoms with Crippen LogP contribution in [-0.4, -0.2) is 21.0 Å². The predicted octanol–water partition coefficient (Wildman–Crippen LogP) is 2.99. The van der Waals surface area contributed by atoms with Gasteiger partial charge in [0.15, 0.2) is 0 Å². The Hall–Kier alpha value is -1.88. The van der Waals surface area contributed by atoms with Crippen molar-refractivity contribution in [2.45, 2.75) is 19.1 Å². The van der Waals surface area contributed by atoms with E-state index in [-0.39, 0.29) is 0 Å². The van der Waals surface area contributed by atoms with E-state index in [1.54, 1.807) is 13.0 Å². The topological polar surface area (TPSA) is 49.6 Å². The minimum Gasteiger partial charge on any atom is -0.384 e. The second-order valence-corrected chi connectivity index (χ2v) is 5.94. The number of nitrogens with one attached hydrogen (secondary N) is 1. The largest absolute Gasteiger partial charge is 0.384 e. The van der Waals surface area contributed by atoms with E-state index in [4.69, 9.17) is 11.6 Å². The van der Waals surface area contributed by atoms with Crippen molar-refractivity contribution in [3.05, 3.63) is 71.1 Å². The molecule has 0 fully saturated rings. The third-order valence-electron chi connectivity index (χ3n) is 3.72. The van der Waals surface area contributed by atoms with Gasteiger partial charge in [-0.25, -0.2) is 4.98 Å². The van der Waals surface area contributed by atoms with Crippen LogP contribution in [0, 0.1) is 0 Å². The van der Waals surface area contributed by atoms with Crippen molar-refractivity contribution in [3.8, 4) is 0 Å². The van der Waals surface area contributed by atoms with E-state index in [0.29, 0.717) is 18.1 Å². The predicted molar refractivity (Wildman–Crippen MR) is 87.9 cm³/mol. The van der Waals surface area contributed by atoms with Crippen LogP contribution in [0.2, 0.25) is 5.02 Å². The van der Waals surface area contributed by atoms with E-state index in [0.717, 1.165) is 16.9 Å². The average Bonchev–Trinajstić information content (AvgIpc) is 2.91. The van der Waals surface area contributed by atoms with Gasteiger partial charge in [0.2, 0.25) is 0 Å². The number of nitrogens with zero attached hydrogens (tertiary/aromatic N) is 2. The summed E-state index contributed by atoms with van der Waals surface area (Å²) in [6.45, 7) is 2.78. The highest BCUT2D eigenvalue weighted by atomic mass is 35.5. The quantitative estimate of drug-likeness (QED) is 0.761. The van der Waals surface area contributed by atoms with Gasteiger partial charge < -0.3 is 14.8 Å². The third-order valence-corrected chi connectivity index (χ3v) is 4.05. The number of halogens is 1. The molecule has 0 radical (unpaired) electrons. The van der Waals surface area contributed by atoms with Crippen molar-refractivity contribution < 1.29 is 5.11 Å². The molecule has 2 heterocycles. The normalized spacial score (nSPS) is 14.1. The zero-order valence-electron chi connectivity index (χ0n) is 12.3. The van der Waals surface area contributed by atoms with Crippen LogP contribution in [0.25, 0.3) is 5.65 Å². The molecule has 0 unspecified atom stereocenters. The Morgan fingerprint density at radius 1 is 1.23 bits per heavy atom. The summed E-state index contributed by atoms with van der Waals surface area (Å²) in [6.07, 6.45) is 3.82. The van der Waals surface area contributed by atoms with E-state index in [9.17, 15) is 5.11 Å². The van der Waals surface area contributed by atoms with Gasteiger partial charge in [-0.2, -0.15) is 0 Å². The molecule has 0 aliphatic heterocycles. The van der Waals surface area contributed by atoms with Crippen molar-refractivity contribution in [1.29, 1.82) is 0 Å². The molecule has 0 spiro atoms. The summed E-state index contributed by atoms with van der Waals surface area (Å²) in [4.78, 5) is 4.35. The molecule has 1 atom stereocenters. The van der Waals surface area contributed by atoms with Crippen molar-refractivity contribution in [2.24, 2.45) is 0 Å². The second-order valence-electron chi connectivity index (χ2n) is 5.54. The highest BCUT2D eigenvalue weighted by Gasteiger charge is 2.25. The number of rotatable bonds is 5. The summed E-state index contributed by atoms with van der Waals surface area (Å²) in [6, 6.07) is 13.3. The highest BCUT2D eigenvalue weighted by Crippen LogP contribution is 2.27. The summed E-state index contributed by atoms with van der Waals surface area (Å²) in [5.41, 5.74) is 1.66. The minimum atomic E-state index is -1.03. The molecule has 0 aliphatic rings. The van der Waals surface area contributed by atoms with Crippen LogP contribution in [0.15, 0.2) is 54.9 Å². The van der Waals surface area contributed by atoms with Crippen LogP contribution < -0.4 is 5.32 Å². The molecule has 5 heteroatoms. The monoisotopic (exact) mass is 315 g/mol. The molecular formula is C17H18ClN3O. The summed E-state index contributed by atoms with van der Waals surface area (Å²) >= 11 is 6.16. The van der Waals surface area contributed by atoms with Crippen molar-refractivity contribution in [1.82, 2.24) is 14.7 Å². The fraction of sp³-hybridized carbons (Fsp3) is 0.235. The van der Waals surface area contributed by atoms with Gasteiger partial charge in [0.05, 0.1) is 11.9 Å². The summed E-state index contributed by atoms with van der Waals surface area (Å²) < 4.78 is 2.03. The van der Waals surface area contributed by atoms with Crippen LogP contribution in [-0.2, 0) is 12.1 Å². The van der Waals surface area contributed by atoms with Gasteiger partial charge in [0.1, 0.15) is 11.2 Å². The molecule has 22 heavy (non-hydrogen) atoms. The van der Waals surface area contributed by atoms with Gasteiger partial charge >= 0.3 is 0 Å². The molecule has 0 amide bonds. The number of hydrogen-bond acceptors (Lipinski definition) is 3. The molecular weight excluding hydrogens is 298 g/mol. The molecule has 2 aromatic heterocycles. The van der Waals surface area contributed by atoms with Crippen LogP contribution in [0.4, 0.5) is 0 Å². The van der Waals surface area contributed by atoms with Gasteiger partial charge in [0.25, 0.3) is 0 Å². The van der Waals surface area contributed by atoms with Gasteiger partial charge in [0, 0.05) is 29.9 Å². The maximum absolute atomic E-state index is 10.6. The lowest BCUT2D eigenvalue weighted by Gasteiger charge is -2.25. The standard InChI is InChI=1S/C17H18ClN3O/c1-17(22,14-6-2-3-7-15(14)18)12-19-10-13-11-20-16-8-4-5-9-21(13)16/h2-9,11,19,22H,10,12H2,1H3/t17-/m1/s1. The maximum atomic E-state index is 10.6. The fourth-order valence-corrected chi connectivity index (χ4v) is 2.88. The maximum Gasteiger partial charge on any atom is 0.136 e. The second kappa shape index (κ2) is 6.08. The first kappa shape index (κ1) is 15.0. The minimum absolute atomic E-state index is 0.400. The fourth-order valence-electron chi connectivity index (χ4n) is 2.54. The van der Waals surface area contributed by atoms with E-state index < -0.39 is 5.60 Å². The molecule has 0 bridgehead atoms. The lowest BCUT2D eigenvalue weighted by atomic mass is 9.96. The lowest BCUT2D eigenvalue weighted by Crippen LogP contribution is -2.35. The molecule has 0 saturated heterocycles. The molecule has 0 aliphatic carbocycles. The van der Waals surface area contributed by atoms with Crippen LogP contribution >= 0.6 is 11.6 Å². The number of hydrogen-bond donors (Lipinski definition) is 2. The van der Waals surface area contributed by atoms with Crippen LogP contribution in [0.5, 0.6) is 0 Å². The van der Waals surface area contributed by atoms with Gasteiger partial charge in [-0.05, 0) is 25.1 Å². The number of pyridine rings is 1. The smallest absolute Gasteiger partial charge is 0.136 e. The summed E-state index contributed by atoms with van der Waals surface area (Å²) in [7, 11) is 0. The Balaban J connectivity index is 1.69. The SMILES string of the molecule is C[C@@](O)(CNCc1cnc2ccccn12)c1ccccc1Cl. The number of benzene rings is 1. The molecule has 3 rings (SSSR count). The van der Waals surface area contributed by atoms with Crippen molar-refractivity contribution in [3.63, 3.8) is 0 Å². The lowest BCUT2D eigenvalue weighted by molar-refractivity contribution is 0.0567. The molecule has 3 aromatic rings. The number of imidazole rings is 1. The van der Waals surface area contributed by atoms with E-state index in [2.05, 4.69) is 10.3 Å². The Morgan fingerprint density at radius 2 is 2.00 bits per heavy atom. The van der Waals surface area contributed by atoms with Gasteiger partial charge in [-0.3, -0.25) is 0 Å². The molecule has 1 aromatic carbocycles. The van der Waals surface area contributed by atoms with Gasteiger partial charge in [-0.1, -0.05) is 35.9 Å². The highest BCUT2D eigenvalue weighted by molar-refractivity contribution is 6.31. The Kier molecular flexibility index (Phi) is 4.16. The molecule has 4 nitrogen and oxygen atoms in total. The Morgan fingerprint density at radius 3 is 2.82 bits per heavy atom. The molecule has 114 valence electrons. The zero-order chi connectivity index (χ0) is 15.6. The van der Waals surface area contributed by atoms with E-state index in [1.165, 1.54) is 0 Å². The summed E-state index contributed by atoms with van der Waals surface area (Å²) in [5, 5.41) is 14.5. The zero-order valence-corrected chi connectivity index (χ0v) is 13.1. The number of aliphatic hydroxyl groups is 1. The van der Waals surface area contributed by atoms with Crippen molar-refractivity contribution in [2.75, 3.05) is 6.54 Å². The first-order valence-electron chi connectivity index (χ1n) is 7.17. The van der Waals surface area contributed by atoms with Crippen molar-refractivity contribution >= 4 is 17.2 Å². The summed E-state index contributed by atoms with van der Waals surface area (Å²) in [5.74, 6) is 0. The Labute approximate surface area is 134 Å². The number of fused-ring (bicyclic) bond motifs is 1.